The number of hydrogen-bond donors (Lipinski definition) is 0. The fourth-order valence-corrected chi connectivity index (χ4v) is 11.9. The van der Waals surface area contributed by atoms with Crippen molar-refractivity contribution >= 4 is 30.6 Å². The smallest absolute Gasteiger partial charge is 0.324 e. The highest BCUT2D eigenvalue weighted by Crippen LogP contribution is 2.63. The van der Waals surface area contributed by atoms with Crippen LogP contribution < -0.4 is 10.4 Å². The summed E-state index contributed by atoms with van der Waals surface area (Å²) < 4.78 is 18.0. The Morgan fingerprint density at radius 3 is 2.20 bits per heavy atom. The Bertz CT molecular complexity index is 1040. The van der Waals surface area contributed by atoms with Gasteiger partial charge in [0.05, 0.1) is 7.11 Å². The lowest BCUT2D eigenvalue weighted by atomic mass is 9.76. The van der Waals surface area contributed by atoms with Crippen LogP contribution in [0.3, 0.4) is 0 Å². The molecule has 5 rings (SSSR count). The van der Waals surface area contributed by atoms with Crippen LogP contribution in [0.25, 0.3) is 0 Å². The molecule has 0 aromatic heterocycles. The number of carbonyl (C=O) groups is 2. The van der Waals surface area contributed by atoms with E-state index in [1.807, 2.05) is 0 Å². The van der Waals surface area contributed by atoms with Crippen LogP contribution in [0.15, 0.2) is 60.7 Å². The van der Waals surface area contributed by atoms with Gasteiger partial charge in [0.1, 0.15) is 6.10 Å². The Kier molecular flexibility index (Phi) is 6.17. The normalized spacial score (nSPS) is 29.7. The molecule has 35 heavy (non-hydrogen) atoms. The molecular formula is C29H36O5Si. The summed E-state index contributed by atoms with van der Waals surface area (Å²) in [6.07, 6.45) is 3.02. The molecule has 1 saturated heterocycles. The molecule has 3 fully saturated rings. The van der Waals surface area contributed by atoms with E-state index < -0.39 is 19.7 Å². The maximum atomic E-state index is 12.9. The SMILES string of the molecule is COC(=O)[C@@]12CC[C@H]3C[C@@H](CCO[Si](c4ccccc4)(c4ccccc4)C(C)(C)C)[C@@H](OC1=O)[C@H]32. The Morgan fingerprint density at radius 1 is 1.06 bits per heavy atom. The molecule has 0 amide bonds. The predicted molar refractivity (Wildman–Crippen MR) is 137 cm³/mol. The Hall–Kier alpha value is -2.44. The van der Waals surface area contributed by atoms with Gasteiger partial charge in [0.15, 0.2) is 5.41 Å². The number of esters is 2. The van der Waals surface area contributed by atoms with Crippen molar-refractivity contribution in [2.24, 2.45) is 23.2 Å². The second-order valence-electron chi connectivity index (χ2n) is 11.5. The fourth-order valence-electron chi connectivity index (χ4n) is 7.34. The summed E-state index contributed by atoms with van der Waals surface area (Å²) in [7, 11) is -1.24. The second-order valence-corrected chi connectivity index (χ2v) is 15.8. The first-order valence-corrected chi connectivity index (χ1v) is 14.7. The summed E-state index contributed by atoms with van der Waals surface area (Å²) >= 11 is 0. The summed E-state index contributed by atoms with van der Waals surface area (Å²) in [6.45, 7) is 7.44. The number of methoxy groups -OCH3 is 1. The number of hydrogen-bond acceptors (Lipinski definition) is 5. The summed E-state index contributed by atoms with van der Waals surface area (Å²) in [5.41, 5.74) is -1.09. The monoisotopic (exact) mass is 492 g/mol. The molecule has 5 atom stereocenters. The van der Waals surface area contributed by atoms with Crippen molar-refractivity contribution in [2.45, 2.75) is 57.6 Å². The molecule has 2 saturated carbocycles. The maximum Gasteiger partial charge on any atom is 0.324 e. The van der Waals surface area contributed by atoms with Gasteiger partial charge < -0.3 is 13.9 Å². The minimum atomic E-state index is -2.61. The molecule has 1 aliphatic heterocycles. The highest BCUT2D eigenvalue weighted by atomic mass is 28.4. The van der Waals surface area contributed by atoms with E-state index in [0.29, 0.717) is 18.9 Å². The predicted octanol–water partition coefficient (Wildman–Crippen LogP) is 4.08. The fraction of sp³-hybridized carbons (Fsp3) is 0.517. The van der Waals surface area contributed by atoms with E-state index in [2.05, 4.69) is 81.4 Å². The number of carbonyl (C=O) groups excluding carboxylic acids is 2. The van der Waals surface area contributed by atoms with E-state index in [9.17, 15) is 9.59 Å². The van der Waals surface area contributed by atoms with E-state index in [1.54, 1.807) is 0 Å². The lowest BCUT2D eigenvalue weighted by Gasteiger charge is -2.43. The molecule has 0 bridgehead atoms. The van der Waals surface area contributed by atoms with Crippen molar-refractivity contribution in [2.75, 3.05) is 13.7 Å². The average molecular weight is 493 g/mol. The molecule has 3 aliphatic rings. The third-order valence-corrected chi connectivity index (χ3v) is 13.8. The molecule has 1 heterocycles. The average Bonchev–Trinajstić information content (AvgIpc) is 3.49. The number of ether oxygens (including phenoxy) is 2. The van der Waals surface area contributed by atoms with E-state index >= 15 is 0 Å². The van der Waals surface area contributed by atoms with Crippen LogP contribution in [-0.4, -0.2) is 40.1 Å². The topological polar surface area (TPSA) is 61.8 Å². The van der Waals surface area contributed by atoms with Gasteiger partial charge in [0.25, 0.3) is 8.32 Å². The van der Waals surface area contributed by atoms with Gasteiger partial charge in [0, 0.05) is 12.5 Å². The van der Waals surface area contributed by atoms with E-state index in [-0.39, 0.29) is 28.9 Å². The van der Waals surface area contributed by atoms with Crippen molar-refractivity contribution in [3.05, 3.63) is 60.7 Å². The van der Waals surface area contributed by atoms with Crippen molar-refractivity contribution in [3.63, 3.8) is 0 Å². The molecular weight excluding hydrogens is 456 g/mol. The molecule has 2 aliphatic carbocycles. The first kappa shape index (κ1) is 24.3. The van der Waals surface area contributed by atoms with Crippen molar-refractivity contribution < 1.29 is 23.5 Å². The van der Waals surface area contributed by atoms with Crippen LogP contribution in [-0.2, 0) is 23.5 Å². The third kappa shape index (κ3) is 3.60. The number of benzene rings is 2. The zero-order valence-corrected chi connectivity index (χ0v) is 22.2. The largest absolute Gasteiger partial charge is 0.468 e. The van der Waals surface area contributed by atoms with Crippen LogP contribution in [0.5, 0.6) is 0 Å². The lowest BCUT2D eigenvalue weighted by molar-refractivity contribution is -0.164. The van der Waals surface area contributed by atoms with E-state index in [4.69, 9.17) is 13.9 Å². The zero-order chi connectivity index (χ0) is 24.8. The molecule has 2 aromatic rings. The highest BCUT2D eigenvalue weighted by molar-refractivity contribution is 6.99. The quantitative estimate of drug-likeness (QED) is 0.331. The molecule has 0 spiro atoms. The molecule has 0 N–H and O–H groups in total. The van der Waals surface area contributed by atoms with E-state index in [1.165, 1.54) is 17.5 Å². The first-order chi connectivity index (χ1) is 16.8. The van der Waals surface area contributed by atoms with Gasteiger partial charge >= 0.3 is 11.9 Å². The minimum Gasteiger partial charge on any atom is -0.468 e. The van der Waals surface area contributed by atoms with Crippen molar-refractivity contribution in [1.29, 1.82) is 0 Å². The zero-order valence-electron chi connectivity index (χ0n) is 21.2. The van der Waals surface area contributed by atoms with Gasteiger partial charge in [-0.05, 0) is 52.9 Å². The van der Waals surface area contributed by atoms with Crippen LogP contribution >= 0.6 is 0 Å². The van der Waals surface area contributed by atoms with Crippen LogP contribution in [0.4, 0.5) is 0 Å². The Balaban J connectivity index is 1.40. The van der Waals surface area contributed by atoms with Gasteiger partial charge in [-0.15, -0.1) is 0 Å². The summed E-state index contributed by atoms with van der Waals surface area (Å²) in [4.78, 5) is 25.6. The molecule has 2 aromatic carbocycles. The lowest BCUT2D eigenvalue weighted by Crippen LogP contribution is -2.66. The molecule has 6 heteroatoms. The molecule has 0 unspecified atom stereocenters. The van der Waals surface area contributed by atoms with Gasteiger partial charge in [0.2, 0.25) is 0 Å². The van der Waals surface area contributed by atoms with Gasteiger partial charge in [-0.3, -0.25) is 9.59 Å². The Morgan fingerprint density at radius 2 is 1.66 bits per heavy atom. The molecule has 0 radical (unpaired) electrons. The summed E-state index contributed by atoms with van der Waals surface area (Å²) in [6, 6.07) is 21.3. The molecule has 186 valence electrons. The van der Waals surface area contributed by atoms with Gasteiger partial charge in [-0.1, -0.05) is 81.4 Å². The standard InChI is InChI=1S/C29H36O5Si/c1-28(2,3)35(22-11-7-5-8-12-22,23-13-9-6-10-14-23)33-18-16-21-19-20-15-17-29(26(30)32-4)24(20)25(21)34-27(29)31/h5-14,20-21,24-25H,15-19H2,1-4H3/t20-,21+,24-,25+,29-/m0/s1. The highest BCUT2D eigenvalue weighted by Gasteiger charge is 2.71. The van der Waals surface area contributed by atoms with Crippen LogP contribution in [0.2, 0.25) is 5.04 Å². The molecule has 5 nitrogen and oxygen atoms in total. The second kappa shape index (κ2) is 8.89. The van der Waals surface area contributed by atoms with Crippen molar-refractivity contribution in [3.8, 4) is 0 Å². The summed E-state index contributed by atoms with van der Waals surface area (Å²) in [5, 5.41) is 2.44. The first-order valence-electron chi connectivity index (χ1n) is 12.8. The summed E-state index contributed by atoms with van der Waals surface area (Å²) in [5.74, 6) is -0.302. The van der Waals surface area contributed by atoms with Gasteiger partial charge in [-0.25, -0.2) is 0 Å². The van der Waals surface area contributed by atoms with Crippen LogP contribution in [0, 0.1) is 23.2 Å². The van der Waals surface area contributed by atoms with Crippen LogP contribution in [0.1, 0.15) is 46.5 Å². The van der Waals surface area contributed by atoms with Gasteiger partial charge in [-0.2, -0.15) is 0 Å². The maximum absolute atomic E-state index is 12.9. The Labute approximate surface area is 209 Å². The number of rotatable bonds is 7. The minimum absolute atomic E-state index is 0.0553. The van der Waals surface area contributed by atoms with E-state index in [0.717, 1.165) is 19.3 Å². The third-order valence-electron chi connectivity index (χ3n) is 8.79. The van der Waals surface area contributed by atoms with Crippen molar-refractivity contribution in [1.82, 2.24) is 0 Å².